The number of nitrogens with one attached hydrogen (secondary N) is 1. The minimum atomic E-state index is -0.492. The second kappa shape index (κ2) is 7.10. The normalized spacial score (nSPS) is 29.4. The number of carbonyl (C=O) groups excluding carboxylic acids is 1. The van der Waals surface area contributed by atoms with Crippen molar-refractivity contribution in [3.05, 3.63) is 0 Å². The number of amides is 1. The molecule has 4 heteroatoms. The maximum Gasteiger partial charge on any atom is 0.238 e. The first-order valence-electron chi connectivity index (χ1n) is 7.23. The van der Waals surface area contributed by atoms with Crippen LogP contribution in [0.1, 0.15) is 52.9 Å². The van der Waals surface area contributed by atoms with Gasteiger partial charge in [-0.1, -0.05) is 20.3 Å². The molecule has 3 N–H and O–H groups in total. The molecular formula is C14H28N2O2. The number of nitrogens with two attached hydrogens (primary N) is 1. The lowest BCUT2D eigenvalue weighted by molar-refractivity contribution is -0.126. The van der Waals surface area contributed by atoms with E-state index in [1.807, 2.05) is 6.92 Å². The highest BCUT2D eigenvalue weighted by molar-refractivity contribution is 5.85. The largest absolute Gasteiger partial charge is 0.379 e. The van der Waals surface area contributed by atoms with Gasteiger partial charge in [-0.15, -0.1) is 0 Å². The first-order valence-corrected chi connectivity index (χ1v) is 7.23. The Morgan fingerprint density at radius 3 is 2.83 bits per heavy atom. The first kappa shape index (κ1) is 15.4. The molecule has 1 saturated carbocycles. The van der Waals surface area contributed by atoms with Crippen LogP contribution >= 0.6 is 0 Å². The zero-order valence-electron chi connectivity index (χ0n) is 12.0. The fourth-order valence-electron chi connectivity index (χ4n) is 2.96. The summed E-state index contributed by atoms with van der Waals surface area (Å²) in [6, 6.07) is 0. The fourth-order valence-corrected chi connectivity index (χ4v) is 2.96. The molecule has 0 radical (unpaired) electrons. The molecule has 0 aromatic carbocycles. The van der Waals surface area contributed by atoms with Gasteiger partial charge in [0.15, 0.2) is 0 Å². The zero-order chi connectivity index (χ0) is 13.6. The molecule has 106 valence electrons. The number of carbonyl (C=O) groups is 1. The number of primary amides is 1. The van der Waals surface area contributed by atoms with Crippen molar-refractivity contribution in [2.45, 2.75) is 64.5 Å². The van der Waals surface area contributed by atoms with Crippen molar-refractivity contribution in [3.63, 3.8) is 0 Å². The van der Waals surface area contributed by atoms with Crippen molar-refractivity contribution >= 4 is 5.91 Å². The van der Waals surface area contributed by atoms with Gasteiger partial charge in [-0.3, -0.25) is 4.79 Å². The number of ether oxygens (including phenoxy) is 1. The van der Waals surface area contributed by atoms with Gasteiger partial charge in [0.25, 0.3) is 0 Å². The molecule has 1 amide bonds. The monoisotopic (exact) mass is 256 g/mol. The Hall–Kier alpha value is -0.610. The van der Waals surface area contributed by atoms with E-state index in [1.54, 1.807) is 0 Å². The van der Waals surface area contributed by atoms with E-state index in [0.29, 0.717) is 12.0 Å². The molecule has 0 bridgehead atoms. The van der Waals surface area contributed by atoms with Crippen molar-refractivity contribution < 1.29 is 9.53 Å². The summed E-state index contributed by atoms with van der Waals surface area (Å²) in [4.78, 5) is 11.8. The summed E-state index contributed by atoms with van der Waals surface area (Å²) in [5, 5.41) is 3.33. The second-order valence-corrected chi connectivity index (χ2v) is 5.33. The predicted molar refractivity (Wildman–Crippen MR) is 73.3 cm³/mol. The summed E-state index contributed by atoms with van der Waals surface area (Å²) >= 11 is 0. The zero-order valence-corrected chi connectivity index (χ0v) is 12.0. The maximum atomic E-state index is 11.8. The molecule has 4 nitrogen and oxygen atoms in total. The van der Waals surface area contributed by atoms with E-state index in [9.17, 15) is 4.79 Å². The Kier molecular flexibility index (Phi) is 6.09. The van der Waals surface area contributed by atoms with Crippen LogP contribution in [0, 0.1) is 5.92 Å². The number of hydrogen-bond acceptors (Lipinski definition) is 3. The van der Waals surface area contributed by atoms with E-state index in [4.69, 9.17) is 10.5 Å². The van der Waals surface area contributed by atoms with Crippen LogP contribution in [0.15, 0.2) is 0 Å². The lowest BCUT2D eigenvalue weighted by atomic mass is 9.84. The highest BCUT2D eigenvalue weighted by Gasteiger charge is 2.46. The fraction of sp³-hybridized carbons (Fsp3) is 0.929. The minimum absolute atomic E-state index is 0.199. The third-order valence-electron chi connectivity index (χ3n) is 4.20. The minimum Gasteiger partial charge on any atom is -0.379 e. The van der Waals surface area contributed by atoms with Gasteiger partial charge in [-0.25, -0.2) is 0 Å². The molecule has 0 heterocycles. The van der Waals surface area contributed by atoms with Gasteiger partial charge < -0.3 is 15.8 Å². The van der Waals surface area contributed by atoms with Gasteiger partial charge in [0.05, 0.1) is 6.10 Å². The standard InChI is InChI=1S/C14H28N2O2/c1-4-11(3)18-10-8-12-7-6-9-14(12,13(15)17)16-5-2/h11-12,16H,4-10H2,1-3H3,(H2,15,17). The van der Waals surface area contributed by atoms with E-state index >= 15 is 0 Å². The first-order chi connectivity index (χ1) is 8.56. The van der Waals surface area contributed by atoms with Crippen molar-refractivity contribution in [1.82, 2.24) is 5.32 Å². The highest BCUT2D eigenvalue weighted by atomic mass is 16.5. The number of rotatable bonds is 8. The topological polar surface area (TPSA) is 64.3 Å². The Balaban J connectivity index is 2.54. The van der Waals surface area contributed by atoms with E-state index in [-0.39, 0.29) is 5.91 Å². The van der Waals surface area contributed by atoms with Crippen LogP contribution in [0.2, 0.25) is 0 Å². The third-order valence-corrected chi connectivity index (χ3v) is 4.20. The molecule has 1 aliphatic rings. The SMILES string of the molecule is CCNC1(C(N)=O)CCCC1CCOC(C)CC. The van der Waals surface area contributed by atoms with Crippen molar-refractivity contribution in [3.8, 4) is 0 Å². The third kappa shape index (κ3) is 3.45. The van der Waals surface area contributed by atoms with Crippen LogP contribution in [-0.2, 0) is 9.53 Å². The van der Waals surface area contributed by atoms with Crippen LogP contribution < -0.4 is 11.1 Å². The summed E-state index contributed by atoms with van der Waals surface area (Å²) in [7, 11) is 0. The molecule has 3 atom stereocenters. The second-order valence-electron chi connectivity index (χ2n) is 5.33. The van der Waals surface area contributed by atoms with Crippen LogP contribution in [-0.4, -0.2) is 30.7 Å². The summed E-state index contributed by atoms with van der Waals surface area (Å²) in [6.07, 6.45) is 5.25. The molecular weight excluding hydrogens is 228 g/mol. The number of likely N-dealkylation sites (N-methyl/N-ethyl adjacent to an activating group) is 1. The molecule has 18 heavy (non-hydrogen) atoms. The summed E-state index contributed by atoms with van der Waals surface area (Å²) in [5.74, 6) is 0.120. The predicted octanol–water partition coefficient (Wildman–Crippen LogP) is 1.83. The van der Waals surface area contributed by atoms with Gasteiger partial charge in [-0.2, -0.15) is 0 Å². The Labute approximate surface area is 111 Å². The average Bonchev–Trinajstić information content (AvgIpc) is 2.74. The van der Waals surface area contributed by atoms with Gasteiger partial charge in [0.2, 0.25) is 5.91 Å². The molecule has 1 rings (SSSR count). The Morgan fingerprint density at radius 1 is 1.56 bits per heavy atom. The summed E-state index contributed by atoms with van der Waals surface area (Å²) in [6.45, 7) is 7.73. The van der Waals surface area contributed by atoms with E-state index in [0.717, 1.165) is 45.3 Å². The van der Waals surface area contributed by atoms with Gasteiger partial charge in [-0.05, 0) is 45.1 Å². The molecule has 0 aromatic rings. The summed E-state index contributed by atoms with van der Waals surface area (Å²) in [5.41, 5.74) is 5.13. The van der Waals surface area contributed by atoms with Crippen LogP contribution in [0.3, 0.4) is 0 Å². The average molecular weight is 256 g/mol. The van der Waals surface area contributed by atoms with E-state index < -0.39 is 5.54 Å². The molecule has 1 aliphatic carbocycles. The van der Waals surface area contributed by atoms with Gasteiger partial charge >= 0.3 is 0 Å². The smallest absolute Gasteiger partial charge is 0.238 e. The number of hydrogen-bond donors (Lipinski definition) is 2. The van der Waals surface area contributed by atoms with E-state index in [1.165, 1.54) is 0 Å². The molecule has 3 unspecified atom stereocenters. The lowest BCUT2D eigenvalue weighted by Crippen LogP contribution is -2.58. The Bertz CT molecular complexity index is 271. The highest BCUT2D eigenvalue weighted by Crippen LogP contribution is 2.37. The maximum absolute atomic E-state index is 11.8. The van der Waals surface area contributed by atoms with Crippen LogP contribution in [0.4, 0.5) is 0 Å². The van der Waals surface area contributed by atoms with Crippen LogP contribution in [0.25, 0.3) is 0 Å². The lowest BCUT2D eigenvalue weighted by Gasteiger charge is -2.33. The molecule has 1 fully saturated rings. The Morgan fingerprint density at radius 2 is 2.28 bits per heavy atom. The van der Waals surface area contributed by atoms with Crippen molar-refractivity contribution in [2.75, 3.05) is 13.2 Å². The quantitative estimate of drug-likeness (QED) is 0.696. The molecule has 0 aliphatic heterocycles. The van der Waals surface area contributed by atoms with Crippen LogP contribution in [0.5, 0.6) is 0 Å². The van der Waals surface area contributed by atoms with Crippen molar-refractivity contribution in [1.29, 1.82) is 0 Å². The molecule has 0 spiro atoms. The van der Waals surface area contributed by atoms with Gasteiger partial charge in [0.1, 0.15) is 5.54 Å². The van der Waals surface area contributed by atoms with Gasteiger partial charge in [0, 0.05) is 6.61 Å². The van der Waals surface area contributed by atoms with E-state index in [2.05, 4.69) is 19.2 Å². The molecule has 0 aromatic heterocycles. The molecule has 0 saturated heterocycles. The summed E-state index contributed by atoms with van der Waals surface area (Å²) < 4.78 is 5.72. The van der Waals surface area contributed by atoms with Crippen molar-refractivity contribution in [2.24, 2.45) is 11.7 Å².